The van der Waals surface area contributed by atoms with Crippen LogP contribution >= 0.6 is 0 Å². The summed E-state index contributed by atoms with van der Waals surface area (Å²) in [4.78, 5) is 0. The molecule has 0 aromatic heterocycles. The van der Waals surface area contributed by atoms with E-state index in [1.165, 1.54) is 0 Å². The lowest BCUT2D eigenvalue weighted by molar-refractivity contribution is -0.0340. The molecule has 112 valence electrons. The Morgan fingerprint density at radius 1 is 1.05 bits per heavy atom. The van der Waals surface area contributed by atoms with Crippen molar-refractivity contribution in [2.24, 2.45) is 0 Å². The molecule has 2 unspecified atom stereocenters. The second-order valence-electron chi connectivity index (χ2n) is 4.91. The molecular weight excluding hydrogens is 264 g/mol. The van der Waals surface area contributed by atoms with Crippen molar-refractivity contribution in [3.8, 4) is 5.75 Å². The van der Waals surface area contributed by atoms with E-state index in [0.717, 1.165) is 16.9 Å². The van der Waals surface area contributed by atoms with E-state index >= 15 is 0 Å². The van der Waals surface area contributed by atoms with Gasteiger partial charge in [-0.25, -0.2) is 0 Å². The molecule has 2 aromatic rings. The predicted octanol–water partition coefficient (Wildman–Crippen LogP) is 3.38. The Morgan fingerprint density at radius 2 is 1.81 bits per heavy atom. The molecule has 2 aromatic carbocycles. The van der Waals surface area contributed by atoms with E-state index in [9.17, 15) is 5.11 Å². The molecule has 3 nitrogen and oxygen atoms in total. The lowest BCUT2D eigenvalue weighted by Gasteiger charge is -2.23. The maximum Gasteiger partial charge on any atom is 0.119 e. The van der Waals surface area contributed by atoms with E-state index in [2.05, 4.69) is 0 Å². The van der Waals surface area contributed by atoms with E-state index in [1.807, 2.05) is 61.5 Å². The van der Waals surface area contributed by atoms with Crippen LogP contribution in [-0.4, -0.2) is 24.9 Å². The predicted molar refractivity (Wildman–Crippen MR) is 83.5 cm³/mol. The fourth-order valence-electron chi connectivity index (χ4n) is 2.40. The Labute approximate surface area is 126 Å². The number of aliphatic hydroxyl groups is 1. The van der Waals surface area contributed by atoms with Crippen LogP contribution in [-0.2, 0) is 11.2 Å². The fraction of sp³-hybridized carbons (Fsp3) is 0.333. The smallest absolute Gasteiger partial charge is 0.119 e. The molecule has 0 bridgehead atoms. The largest absolute Gasteiger partial charge is 0.497 e. The minimum absolute atomic E-state index is 0.317. The first-order chi connectivity index (χ1) is 10.2. The van der Waals surface area contributed by atoms with Crippen molar-refractivity contribution in [1.82, 2.24) is 0 Å². The zero-order valence-corrected chi connectivity index (χ0v) is 12.5. The summed E-state index contributed by atoms with van der Waals surface area (Å²) in [5.41, 5.74) is 2.03. The summed E-state index contributed by atoms with van der Waals surface area (Å²) in [6.45, 7) is 2.50. The molecule has 0 heterocycles. The molecule has 0 aliphatic carbocycles. The number of methoxy groups -OCH3 is 1. The average molecular weight is 286 g/mol. The first-order valence-corrected chi connectivity index (χ1v) is 7.22. The summed E-state index contributed by atoms with van der Waals surface area (Å²) < 4.78 is 11.0. The third-order valence-electron chi connectivity index (χ3n) is 3.40. The lowest BCUT2D eigenvalue weighted by Crippen LogP contribution is -2.23. The first kappa shape index (κ1) is 15.5. The summed E-state index contributed by atoms with van der Waals surface area (Å²) in [5.74, 6) is 0.798. The number of hydrogen-bond acceptors (Lipinski definition) is 3. The van der Waals surface area contributed by atoms with E-state index in [-0.39, 0.29) is 6.10 Å². The summed E-state index contributed by atoms with van der Waals surface area (Å²) >= 11 is 0. The van der Waals surface area contributed by atoms with Gasteiger partial charge in [0, 0.05) is 13.0 Å². The highest BCUT2D eigenvalue weighted by atomic mass is 16.5. The zero-order chi connectivity index (χ0) is 15.1. The van der Waals surface area contributed by atoms with Gasteiger partial charge in [0.1, 0.15) is 11.9 Å². The number of benzene rings is 2. The van der Waals surface area contributed by atoms with E-state index < -0.39 is 6.10 Å². The topological polar surface area (TPSA) is 38.7 Å². The van der Waals surface area contributed by atoms with Gasteiger partial charge in [-0.15, -0.1) is 0 Å². The van der Waals surface area contributed by atoms with Gasteiger partial charge in [-0.1, -0.05) is 42.5 Å². The minimum atomic E-state index is -0.598. The van der Waals surface area contributed by atoms with Crippen LogP contribution < -0.4 is 4.74 Å². The molecular formula is C18H22O3. The van der Waals surface area contributed by atoms with E-state index in [4.69, 9.17) is 9.47 Å². The molecule has 21 heavy (non-hydrogen) atoms. The van der Waals surface area contributed by atoms with Gasteiger partial charge in [-0.05, 0) is 30.2 Å². The second-order valence-corrected chi connectivity index (χ2v) is 4.91. The Bertz CT molecular complexity index is 539. The second kappa shape index (κ2) is 7.81. The minimum Gasteiger partial charge on any atom is -0.497 e. The highest BCUT2D eigenvalue weighted by Crippen LogP contribution is 2.24. The summed E-state index contributed by atoms with van der Waals surface area (Å²) in [5, 5.41) is 10.5. The molecule has 2 rings (SSSR count). The van der Waals surface area contributed by atoms with Crippen molar-refractivity contribution >= 4 is 0 Å². The van der Waals surface area contributed by atoms with Crippen LogP contribution in [0.3, 0.4) is 0 Å². The number of ether oxygens (including phenoxy) is 2. The van der Waals surface area contributed by atoms with Crippen LogP contribution in [0.5, 0.6) is 5.75 Å². The van der Waals surface area contributed by atoms with Crippen molar-refractivity contribution in [3.05, 3.63) is 65.7 Å². The van der Waals surface area contributed by atoms with Gasteiger partial charge in [0.15, 0.2) is 0 Å². The SMILES string of the molecule is CCOC(c1ccccc1)C(O)Cc1cccc(OC)c1. The van der Waals surface area contributed by atoms with Gasteiger partial charge in [0.25, 0.3) is 0 Å². The molecule has 0 aliphatic rings. The third-order valence-corrected chi connectivity index (χ3v) is 3.40. The monoisotopic (exact) mass is 286 g/mol. The van der Waals surface area contributed by atoms with Crippen molar-refractivity contribution in [2.45, 2.75) is 25.6 Å². The van der Waals surface area contributed by atoms with Gasteiger partial charge < -0.3 is 14.6 Å². The molecule has 0 spiro atoms. The zero-order valence-electron chi connectivity index (χ0n) is 12.5. The Kier molecular flexibility index (Phi) is 5.78. The highest BCUT2D eigenvalue weighted by molar-refractivity contribution is 5.29. The standard InChI is InChI=1S/C18H22O3/c1-3-21-18(15-9-5-4-6-10-15)17(19)13-14-8-7-11-16(12-14)20-2/h4-12,17-19H,3,13H2,1-2H3. The molecule has 1 N–H and O–H groups in total. The summed E-state index contributed by atoms with van der Waals surface area (Å²) in [6.07, 6.45) is -0.390. The van der Waals surface area contributed by atoms with Gasteiger partial charge in [-0.2, -0.15) is 0 Å². The molecule has 3 heteroatoms. The summed E-state index contributed by atoms with van der Waals surface area (Å²) in [7, 11) is 1.64. The molecule has 0 fully saturated rings. The lowest BCUT2D eigenvalue weighted by atomic mass is 9.98. The van der Waals surface area contributed by atoms with E-state index in [1.54, 1.807) is 7.11 Å². The Balaban J connectivity index is 2.13. The van der Waals surface area contributed by atoms with Gasteiger partial charge in [0.05, 0.1) is 13.2 Å². The van der Waals surface area contributed by atoms with Crippen LogP contribution in [0.15, 0.2) is 54.6 Å². The average Bonchev–Trinajstić information content (AvgIpc) is 2.53. The number of aliphatic hydroxyl groups excluding tert-OH is 1. The molecule has 2 atom stereocenters. The maximum absolute atomic E-state index is 10.5. The summed E-state index contributed by atoms with van der Waals surface area (Å²) in [6, 6.07) is 17.6. The van der Waals surface area contributed by atoms with Gasteiger partial charge in [0.2, 0.25) is 0 Å². The Morgan fingerprint density at radius 3 is 2.48 bits per heavy atom. The van der Waals surface area contributed by atoms with Gasteiger partial charge >= 0.3 is 0 Å². The van der Waals surface area contributed by atoms with E-state index in [0.29, 0.717) is 13.0 Å². The van der Waals surface area contributed by atoms with Crippen LogP contribution in [0.25, 0.3) is 0 Å². The van der Waals surface area contributed by atoms with Crippen LogP contribution in [0.2, 0.25) is 0 Å². The van der Waals surface area contributed by atoms with Crippen molar-refractivity contribution in [3.63, 3.8) is 0 Å². The molecule has 0 saturated heterocycles. The third kappa shape index (κ3) is 4.31. The molecule has 0 saturated carbocycles. The number of hydrogen-bond donors (Lipinski definition) is 1. The van der Waals surface area contributed by atoms with Crippen molar-refractivity contribution in [1.29, 1.82) is 0 Å². The highest BCUT2D eigenvalue weighted by Gasteiger charge is 2.21. The quantitative estimate of drug-likeness (QED) is 0.848. The van der Waals surface area contributed by atoms with Crippen molar-refractivity contribution < 1.29 is 14.6 Å². The number of rotatable bonds is 7. The normalized spacial score (nSPS) is 13.7. The van der Waals surface area contributed by atoms with Crippen LogP contribution in [0, 0.1) is 0 Å². The fourth-order valence-corrected chi connectivity index (χ4v) is 2.40. The first-order valence-electron chi connectivity index (χ1n) is 7.22. The van der Waals surface area contributed by atoms with Gasteiger partial charge in [-0.3, -0.25) is 0 Å². The van der Waals surface area contributed by atoms with Crippen LogP contribution in [0.1, 0.15) is 24.2 Å². The van der Waals surface area contributed by atoms with Crippen molar-refractivity contribution in [2.75, 3.05) is 13.7 Å². The van der Waals surface area contributed by atoms with Crippen LogP contribution in [0.4, 0.5) is 0 Å². The molecule has 0 radical (unpaired) electrons. The Hall–Kier alpha value is -1.84. The maximum atomic E-state index is 10.5. The molecule has 0 aliphatic heterocycles. The molecule has 0 amide bonds.